The van der Waals surface area contributed by atoms with Gasteiger partial charge in [0.1, 0.15) is 0 Å². The maximum Gasteiger partial charge on any atom is 0.227 e. The second-order valence-corrected chi connectivity index (χ2v) is 4.50. The lowest BCUT2D eigenvalue weighted by atomic mass is 10.1. The maximum absolute atomic E-state index is 11.9. The van der Waals surface area contributed by atoms with Crippen LogP contribution in [0, 0.1) is 0 Å². The van der Waals surface area contributed by atoms with E-state index in [0.717, 1.165) is 25.2 Å². The average Bonchev–Trinajstić information content (AvgIpc) is 2.40. The molecule has 0 aromatic heterocycles. The highest BCUT2D eigenvalue weighted by Gasteiger charge is 2.17. The summed E-state index contributed by atoms with van der Waals surface area (Å²) < 4.78 is 5.51. The molecule has 0 aliphatic carbocycles. The highest BCUT2D eigenvalue weighted by atomic mass is 16.5. The van der Waals surface area contributed by atoms with Crippen molar-refractivity contribution in [2.45, 2.75) is 25.9 Å². The molecular formula is C14H20N2O2. The van der Waals surface area contributed by atoms with Crippen molar-refractivity contribution in [3.8, 4) is 0 Å². The number of morpholine rings is 1. The van der Waals surface area contributed by atoms with Crippen LogP contribution in [0.1, 0.15) is 18.9 Å². The van der Waals surface area contributed by atoms with E-state index in [-0.39, 0.29) is 12.0 Å². The predicted octanol–water partition coefficient (Wildman–Crippen LogP) is 1.57. The van der Waals surface area contributed by atoms with Crippen LogP contribution in [0.3, 0.4) is 0 Å². The fraction of sp³-hybridized carbons (Fsp3) is 0.500. The summed E-state index contributed by atoms with van der Waals surface area (Å²) in [5.74, 6) is 0.0111. The van der Waals surface area contributed by atoms with E-state index in [2.05, 4.69) is 23.6 Å². The molecule has 1 heterocycles. The van der Waals surface area contributed by atoms with Gasteiger partial charge in [-0.2, -0.15) is 0 Å². The Morgan fingerprint density at radius 2 is 2.44 bits per heavy atom. The standard InChI is InChI=1S/C14H20N2O2/c1-2-11-4-3-5-12(8-11)16-14(17)9-13-10-15-6-7-18-13/h3-5,8,13,15H,2,6-7,9-10H2,1H3,(H,16,17). The minimum atomic E-state index is -0.00638. The predicted molar refractivity (Wildman–Crippen MR) is 71.7 cm³/mol. The molecule has 0 radical (unpaired) electrons. The summed E-state index contributed by atoms with van der Waals surface area (Å²) in [6.07, 6.45) is 1.37. The number of aryl methyl sites for hydroxylation is 1. The van der Waals surface area contributed by atoms with Crippen molar-refractivity contribution >= 4 is 11.6 Å². The molecule has 1 aliphatic heterocycles. The van der Waals surface area contributed by atoms with Gasteiger partial charge in [0.05, 0.1) is 19.1 Å². The van der Waals surface area contributed by atoms with Crippen LogP contribution in [-0.4, -0.2) is 31.7 Å². The Kier molecular flexibility index (Phi) is 4.73. The Bertz CT molecular complexity index is 401. The lowest BCUT2D eigenvalue weighted by molar-refractivity contribution is -0.119. The van der Waals surface area contributed by atoms with Crippen molar-refractivity contribution < 1.29 is 9.53 Å². The number of rotatable bonds is 4. The smallest absolute Gasteiger partial charge is 0.227 e. The summed E-state index contributed by atoms with van der Waals surface area (Å²) in [4.78, 5) is 11.9. The number of hydrogen-bond donors (Lipinski definition) is 2. The van der Waals surface area contributed by atoms with Crippen LogP contribution in [0.15, 0.2) is 24.3 Å². The average molecular weight is 248 g/mol. The minimum absolute atomic E-state index is 0.00638. The van der Waals surface area contributed by atoms with E-state index in [9.17, 15) is 4.79 Å². The monoisotopic (exact) mass is 248 g/mol. The van der Waals surface area contributed by atoms with Crippen LogP contribution >= 0.6 is 0 Å². The molecule has 18 heavy (non-hydrogen) atoms. The molecule has 1 saturated heterocycles. The second kappa shape index (κ2) is 6.52. The molecular weight excluding hydrogens is 228 g/mol. The fourth-order valence-electron chi connectivity index (χ4n) is 2.04. The molecule has 1 aromatic carbocycles. The Hall–Kier alpha value is -1.39. The number of benzene rings is 1. The van der Waals surface area contributed by atoms with Crippen LogP contribution in [0.4, 0.5) is 5.69 Å². The van der Waals surface area contributed by atoms with Crippen LogP contribution in [-0.2, 0) is 16.0 Å². The van der Waals surface area contributed by atoms with Crippen LogP contribution in [0.2, 0.25) is 0 Å². The van der Waals surface area contributed by atoms with Crippen molar-refractivity contribution in [1.29, 1.82) is 0 Å². The summed E-state index contributed by atoms with van der Waals surface area (Å²) >= 11 is 0. The summed E-state index contributed by atoms with van der Waals surface area (Å²) in [6, 6.07) is 7.95. The van der Waals surface area contributed by atoms with Crippen molar-refractivity contribution in [1.82, 2.24) is 5.32 Å². The Labute approximate surface area is 108 Å². The highest BCUT2D eigenvalue weighted by molar-refractivity contribution is 5.91. The molecule has 4 nitrogen and oxygen atoms in total. The van der Waals surface area contributed by atoms with E-state index in [1.54, 1.807) is 0 Å². The number of amides is 1. The quantitative estimate of drug-likeness (QED) is 0.850. The summed E-state index contributed by atoms with van der Waals surface area (Å²) in [5.41, 5.74) is 2.09. The Morgan fingerprint density at radius 3 is 3.17 bits per heavy atom. The molecule has 2 N–H and O–H groups in total. The maximum atomic E-state index is 11.9. The zero-order valence-corrected chi connectivity index (χ0v) is 10.7. The van der Waals surface area contributed by atoms with Crippen molar-refractivity contribution in [3.63, 3.8) is 0 Å². The molecule has 1 aromatic rings. The summed E-state index contributed by atoms with van der Waals surface area (Å²) in [6.45, 7) is 4.41. The van der Waals surface area contributed by atoms with Crippen molar-refractivity contribution in [3.05, 3.63) is 29.8 Å². The summed E-state index contributed by atoms with van der Waals surface area (Å²) in [7, 11) is 0. The lowest BCUT2D eigenvalue weighted by Gasteiger charge is -2.23. The van der Waals surface area contributed by atoms with Gasteiger partial charge in [0, 0.05) is 18.8 Å². The van der Waals surface area contributed by atoms with E-state index in [0.29, 0.717) is 13.0 Å². The molecule has 1 fully saturated rings. The first-order valence-electron chi connectivity index (χ1n) is 6.49. The Morgan fingerprint density at radius 1 is 1.56 bits per heavy atom. The van der Waals surface area contributed by atoms with E-state index >= 15 is 0 Å². The molecule has 1 unspecified atom stereocenters. The number of hydrogen-bond acceptors (Lipinski definition) is 3. The SMILES string of the molecule is CCc1cccc(NC(=O)CC2CNCCO2)c1. The molecule has 0 saturated carbocycles. The molecule has 1 atom stereocenters. The molecule has 0 spiro atoms. The number of ether oxygens (including phenoxy) is 1. The third-order valence-corrected chi connectivity index (χ3v) is 3.04. The van der Waals surface area contributed by atoms with E-state index in [1.807, 2.05) is 18.2 Å². The highest BCUT2D eigenvalue weighted by Crippen LogP contribution is 2.12. The number of carbonyl (C=O) groups is 1. The topological polar surface area (TPSA) is 50.4 Å². The van der Waals surface area contributed by atoms with E-state index < -0.39 is 0 Å². The summed E-state index contributed by atoms with van der Waals surface area (Å²) in [5, 5.41) is 6.13. The fourth-order valence-corrected chi connectivity index (χ4v) is 2.04. The first-order chi connectivity index (χ1) is 8.78. The second-order valence-electron chi connectivity index (χ2n) is 4.50. The van der Waals surface area contributed by atoms with Gasteiger partial charge < -0.3 is 15.4 Å². The van der Waals surface area contributed by atoms with Gasteiger partial charge in [0.25, 0.3) is 0 Å². The minimum Gasteiger partial charge on any atom is -0.375 e. The van der Waals surface area contributed by atoms with E-state index in [4.69, 9.17) is 4.74 Å². The van der Waals surface area contributed by atoms with Crippen LogP contribution in [0.5, 0.6) is 0 Å². The normalized spacial score (nSPS) is 19.5. The third-order valence-electron chi connectivity index (χ3n) is 3.04. The van der Waals surface area contributed by atoms with Gasteiger partial charge >= 0.3 is 0 Å². The largest absolute Gasteiger partial charge is 0.375 e. The first-order valence-corrected chi connectivity index (χ1v) is 6.49. The molecule has 0 bridgehead atoms. The lowest BCUT2D eigenvalue weighted by Crippen LogP contribution is -2.40. The van der Waals surface area contributed by atoms with Gasteiger partial charge in [-0.05, 0) is 24.1 Å². The molecule has 4 heteroatoms. The van der Waals surface area contributed by atoms with Crippen LogP contribution in [0.25, 0.3) is 0 Å². The molecule has 1 amide bonds. The number of nitrogens with one attached hydrogen (secondary N) is 2. The first kappa shape index (κ1) is 13.1. The van der Waals surface area contributed by atoms with Gasteiger partial charge in [-0.3, -0.25) is 4.79 Å². The zero-order valence-electron chi connectivity index (χ0n) is 10.7. The number of anilines is 1. The third kappa shape index (κ3) is 3.82. The Balaban J connectivity index is 1.85. The van der Waals surface area contributed by atoms with Gasteiger partial charge in [-0.25, -0.2) is 0 Å². The van der Waals surface area contributed by atoms with Gasteiger partial charge in [0.15, 0.2) is 0 Å². The number of carbonyl (C=O) groups excluding carboxylic acids is 1. The van der Waals surface area contributed by atoms with Gasteiger partial charge in [0.2, 0.25) is 5.91 Å². The van der Waals surface area contributed by atoms with Gasteiger partial charge in [-0.1, -0.05) is 19.1 Å². The zero-order chi connectivity index (χ0) is 12.8. The van der Waals surface area contributed by atoms with Crippen LogP contribution < -0.4 is 10.6 Å². The van der Waals surface area contributed by atoms with E-state index in [1.165, 1.54) is 5.56 Å². The molecule has 1 aliphatic rings. The van der Waals surface area contributed by atoms with Crippen molar-refractivity contribution in [2.75, 3.05) is 25.0 Å². The molecule has 98 valence electrons. The van der Waals surface area contributed by atoms with Crippen molar-refractivity contribution in [2.24, 2.45) is 0 Å². The molecule has 2 rings (SSSR count). The van der Waals surface area contributed by atoms with Gasteiger partial charge in [-0.15, -0.1) is 0 Å².